The van der Waals surface area contributed by atoms with Gasteiger partial charge in [-0.1, -0.05) is 198 Å². The Morgan fingerprint density at radius 2 is 0.457 bits per heavy atom. The van der Waals surface area contributed by atoms with E-state index in [2.05, 4.69) is 295 Å². The summed E-state index contributed by atoms with van der Waals surface area (Å²) in [6.07, 6.45) is 0. The van der Waals surface area contributed by atoms with Gasteiger partial charge in [0.1, 0.15) is 0 Å². The van der Waals surface area contributed by atoms with Gasteiger partial charge < -0.3 is 0 Å². The van der Waals surface area contributed by atoms with E-state index < -0.39 is 20.1 Å². The van der Waals surface area contributed by atoms with Crippen molar-refractivity contribution < 1.29 is 0 Å². The molecular formula is C68H58S2. The molecule has 342 valence electrons. The predicted molar refractivity (Wildman–Crippen MR) is 300 cm³/mol. The Kier molecular flexibility index (Phi) is 12.4. The van der Waals surface area contributed by atoms with Gasteiger partial charge in [0.2, 0.25) is 0 Å². The number of fused-ring (bicyclic) bond motifs is 2. The summed E-state index contributed by atoms with van der Waals surface area (Å²) in [5, 5.41) is 5.12. The molecule has 0 saturated heterocycles. The average Bonchev–Trinajstić information content (AvgIpc) is 3.42. The zero-order chi connectivity index (χ0) is 47.7. The van der Waals surface area contributed by atoms with Gasteiger partial charge in [0.05, 0.1) is 0 Å². The summed E-state index contributed by atoms with van der Waals surface area (Å²) in [6.45, 7) is 9.24. The second-order valence-electron chi connectivity index (χ2n) is 18.8. The van der Waals surface area contributed by atoms with E-state index in [0.717, 1.165) is 0 Å². The second kappa shape index (κ2) is 19.2. The van der Waals surface area contributed by atoms with Crippen molar-refractivity contribution in [1.29, 1.82) is 0 Å². The van der Waals surface area contributed by atoms with Crippen molar-refractivity contribution in [2.45, 2.75) is 78.7 Å². The molecule has 0 spiro atoms. The molecule has 0 atom stereocenters. The van der Waals surface area contributed by atoms with Crippen LogP contribution in [0.5, 0.6) is 0 Å². The fourth-order valence-electron chi connectivity index (χ4n) is 10.6. The van der Waals surface area contributed by atoms with E-state index in [0.29, 0.717) is 11.8 Å². The average molecular weight is 939 g/mol. The summed E-state index contributed by atoms with van der Waals surface area (Å²) >= 11 is 0. The maximum atomic E-state index is 2.49. The minimum Gasteiger partial charge on any atom is -0.133 e. The Morgan fingerprint density at radius 3 is 0.686 bits per heavy atom. The van der Waals surface area contributed by atoms with E-state index in [1.165, 1.54) is 94.1 Å². The van der Waals surface area contributed by atoms with Gasteiger partial charge in [-0.2, -0.15) is 0 Å². The van der Waals surface area contributed by atoms with Crippen molar-refractivity contribution in [2.24, 2.45) is 0 Å². The molecule has 0 aliphatic carbocycles. The van der Waals surface area contributed by atoms with Crippen LogP contribution in [0.15, 0.2) is 306 Å². The van der Waals surface area contributed by atoms with E-state index in [4.69, 9.17) is 0 Å². The molecule has 11 rings (SSSR count). The third kappa shape index (κ3) is 7.77. The summed E-state index contributed by atoms with van der Waals surface area (Å²) in [7, 11) is -3.67. The molecule has 0 heterocycles. The monoisotopic (exact) mass is 938 g/mol. The molecule has 0 aromatic heterocycles. The molecule has 0 nitrogen and oxygen atoms in total. The molecule has 11 aromatic rings. The van der Waals surface area contributed by atoms with Crippen molar-refractivity contribution in [3.05, 3.63) is 278 Å². The molecule has 0 amide bonds. The Balaban J connectivity index is 1.15. The van der Waals surface area contributed by atoms with Gasteiger partial charge in [-0.3, -0.25) is 0 Å². The fraction of sp³-hybridized carbons (Fsp3) is 0.0882. The summed E-state index contributed by atoms with van der Waals surface area (Å²) < 4.78 is 0. The zero-order valence-corrected chi connectivity index (χ0v) is 42.0. The van der Waals surface area contributed by atoms with Crippen LogP contribution in [0.2, 0.25) is 0 Å². The normalized spacial score (nSPS) is 12.4. The molecule has 0 aliphatic rings. The van der Waals surface area contributed by atoms with Crippen LogP contribution in [0.3, 0.4) is 0 Å². The van der Waals surface area contributed by atoms with Crippen LogP contribution in [0, 0.1) is 0 Å². The van der Waals surface area contributed by atoms with Gasteiger partial charge in [0.25, 0.3) is 0 Å². The lowest BCUT2D eigenvalue weighted by atomic mass is 9.83. The first-order chi connectivity index (χ1) is 34.4. The topological polar surface area (TPSA) is 0 Å². The van der Waals surface area contributed by atoms with Crippen molar-refractivity contribution in [2.75, 3.05) is 0 Å². The van der Waals surface area contributed by atoms with Crippen LogP contribution in [-0.4, -0.2) is 0 Å². The van der Waals surface area contributed by atoms with Gasteiger partial charge in [-0.25, -0.2) is 0 Å². The predicted octanol–water partition coefficient (Wildman–Crippen LogP) is 20.3. The van der Waals surface area contributed by atoms with E-state index in [1.54, 1.807) is 0 Å². The number of benzene rings is 11. The van der Waals surface area contributed by atoms with Crippen LogP contribution >= 0.6 is 20.1 Å². The highest BCUT2D eigenvalue weighted by Crippen LogP contribution is 2.74. The molecule has 0 aliphatic heterocycles. The molecule has 0 unspecified atom stereocenters. The minimum absolute atomic E-state index is 0.373. The Labute approximate surface area is 418 Å². The smallest absolute Gasteiger partial charge is 0.00233 e. The lowest BCUT2D eigenvalue weighted by Crippen LogP contribution is -2.05. The SMILES string of the molecule is CC(C)c1ccc2c(-c3ccc(S(c4ccccc4)(c4ccccc4)c4ccccc4)cc3)c3cc(C(C)C)ccc3c(-c3ccc(S(c4ccccc4)(c4ccccc4)c4ccccc4)cc3)c2c1. The Bertz CT molecular complexity index is 3100. The highest BCUT2D eigenvalue weighted by atomic mass is 32.3. The standard InChI is InChI=1S/C68H58S2/c1-49(2)53-39-45-63-65(47-53)67(51-35-41-61(42-36-51)69(55-23-11-5-12-24-55,56-25-13-6-14-26-56)57-27-15-7-16-28-57)64-46-40-54(50(3)4)48-66(64)68(63)52-37-43-62(44-38-52)70(58-29-17-8-18-30-58,59-31-19-9-20-32-59)60-33-21-10-22-34-60/h5-50H,1-4H3. The maximum Gasteiger partial charge on any atom is 0.00233 e. The van der Waals surface area contributed by atoms with E-state index >= 15 is 0 Å². The van der Waals surface area contributed by atoms with Crippen molar-refractivity contribution in [3.63, 3.8) is 0 Å². The van der Waals surface area contributed by atoms with Crippen LogP contribution in [0.1, 0.15) is 50.7 Å². The summed E-state index contributed by atoms with van der Waals surface area (Å²) in [6, 6.07) is 101. The van der Waals surface area contributed by atoms with Gasteiger partial charge in [-0.15, -0.1) is 20.1 Å². The van der Waals surface area contributed by atoms with Crippen molar-refractivity contribution in [1.82, 2.24) is 0 Å². The molecule has 0 N–H and O–H groups in total. The lowest BCUT2D eigenvalue weighted by molar-refractivity contribution is 0.868. The summed E-state index contributed by atoms with van der Waals surface area (Å²) in [4.78, 5) is 10.6. The number of hydrogen-bond donors (Lipinski definition) is 0. The largest absolute Gasteiger partial charge is 0.133 e. The first kappa shape index (κ1) is 45.1. The molecule has 0 fully saturated rings. The number of rotatable bonds is 12. The minimum atomic E-state index is -1.84. The molecule has 0 radical (unpaired) electrons. The summed E-state index contributed by atoms with van der Waals surface area (Å²) in [5.41, 5.74) is 7.71. The van der Waals surface area contributed by atoms with Crippen LogP contribution in [0.4, 0.5) is 0 Å². The van der Waals surface area contributed by atoms with E-state index in [1.807, 2.05) is 0 Å². The third-order valence-corrected chi connectivity index (χ3v) is 21.9. The summed E-state index contributed by atoms with van der Waals surface area (Å²) in [5.74, 6) is 0.747. The van der Waals surface area contributed by atoms with E-state index in [9.17, 15) is 0 Å². The van der Waals surface area contributed by atoms with Gasteiger partial charge in [-0.05, 0) is 164 Å². The zero-order valence-electron chi connectivity index (χ0n) is 40.4. The highest BCUT2D eigenvalue weighted by molar-refractivity contribution is 8.34. The quantitative estimate of drug-likeness (QED) is 0.107. The second-order valence-corrected chi connectivity index (χ2v) is 25.0. The number of hydrogen-bond acceptors (Lipinski definition) is 0. The molecule has 0 bridgehead atoms. The fourth-order valence-corrected chi connectivity index (χ4v) is 18.4. The third-order valence-electron chi connectivity index (χ3n) is 14.1. The van der Waals surface area contributed by atoms with Crippen molar-refractivity contribution in [3.8, 4) is 22.3 Å². The first-order valence-corrected chi connectivity index (χ1v) is 27.9. The van der Waals surface area contributed by atoms with Gasteiger partial charge in [0.15, 0.2) is 0 Å². The van der Waals surface area contributed by atoms with Crippen molar-refractivity contribution >= 4 is 41.6 Å². The maximum absolute atomic E-state index is 2.49. The first-order valence-electron chi connectivity index (χ1n) is 24.6. The van der Waals surface area contributed by atoms with E-state index in [-0.39, 0.29) is 0 Å². The van der Waals surface area contributed by atoms with Crippen LogP contribution in [-0.2, 0) is 0 Å². The van der Waals surface area contributed by atoms with Gasteiger partial charge >= 0.3 is 0 Å². The Morgan fingerprint density at radius 1 is 0.229 bits per heavy atom. The molecule has 0 saturated carbocycles. The van der Waals surface area contributed by atoms with Crippen LogP contribution in [0.25, 0.3) is 43.8 Å². The van der Waals surface area contributed by atoms with Gasteiger partial charge in [0, 0.05) is 39.2 Å². The van der Waals surface area contributed by atoms with Crippen LogP contribution < -0.4 is 0 Å². The lowest BCUT2D eigenvalue weighted by Gasteiger charge is -2.42. The molecule has 70 heavy (non-hydrogen) atoms. The molecule has 2 heteroatoms. The molecule has 11 aromatic carbocycles. The Hall–Kier alpha value is -7.36. The highest BCUT2D eigenvalue weighted by Gasteiger charge is 2.35. The molecular weight excluding hydrogens is 881 g/mol.